The van der Waals surface area contributed by atoms with Gasteiger partial charge in [0.1, 0.15) is 0 Å². The van der Waals surface area contributed by atoms with Crippen molar-refractivity contribution in [3.63, 3.8) is 0 Å². The van der Waals surface area contributed by atoms with E-state index >= 15 is 0 Å². The number of guanidine groups is 1. The SMILES string of the molecule is CC1CC(/C=N/N=C(N)N)=C(Cl)c2ccccc21. The van der Waals surface area contributed by atoms with Crippen LogP contribution in [0.25, 0.3) is 5.03 Å². The Balaban J connectivity index is 2.38. The Morgan fingerprint density at radius 1 is 1.39 bits per heavy atom. The number of hydrogen-bond donors (Lipinski definition) is 2. The fraction of sp³-hybridized carbons (Fsp3) is 0.231. The molecule has 2 rings (SSSR count). The molecule has 94 valence electrons. The van der Waals surface area contributed by atoms with Gasteiger partial charge in [0.05, 0.1) is 11.2 Å². The zero-order valence-corrected chi connectivity index (χ0v) is 10.9. The predicted molar refractivity (Wildman–Crippen MR) is 76.5 cm³/mol. The summed E-state index contributed by atoms with van der Waals surface area (Å²) in [6.07, 6.45) is 2.45. The quantitative estimate of drug-likeness (QED) is 0.488. The first-order chi connectivity index (χ1) is 8.59. The van der Waals surface area contributed by atoms with Crippen LogP contribution >= 0.6 is 11.6 Å². The monoisotopic (exact) mass is 262 g/mol. The zero-order chi connectivity index (χ0) is 13.1. The molecule has 4 nitrogen and oxygen atoms in total. The molecule has 5 heteroatoms. The number of benzene rings is 1. The number of halogens is 1. The molecule has 0 aliphatic heterocycles. The minimum absolute atomic E-state index is 0.0627. The van der Waals surface area contributed by atoms with E-state index in [-0.39, 0.29) is 5.96 Å². The summed E-state index contributed by atoms with van der Waals surface area (Å²) in [5.41, 5.74) is 13.7. The molecule has 1 aromatic rings. The highest BCUT2D eigenvalue weighted by Crippen LogP contribution is 2.39. The van der Waals surface area contributed by atoms with Crippen LogP contribution < -0.4 is 11.5 Å². The number of nitrogens with two attached hydrogens (primary N) is 2. The summed E-state index contributed by atoms with van der Waals surface area (Å²) in [4.78, 5) is 0. The van der Waals surface area contributed by atoms with Crippen molar-refractivity contribution < 1.29 is 0 Å². The summed E-state index contributed by atoms with van der Waals surface area (Å²) in [7, 11) is 0. The largest absolute Gasteiger partial charge is 0.369 e. The first-order valence-electron chi connectivity index (χ1n) is 5.69. The lowest BCUT2D eigenvalue weighted by molar-refractivity contribution is 0.758. The predicted octanol–water partition coefficient (Wildman–Crippen LogP) is 2.40. The molecule has 18 heavy (non-hydrogen) atoms. The molecule has 1 aromatic carbocycles. The van der Waals surface area contributed by atoms with Crippen LogP contribution in [0.15, 0.2) is 40.0 Å². The molecule has 0 spiro atoms. The Kier molecular flexibility index (Phi) is 3.67. The number of hydrogen-bond acceptors (Lipinski definition) is 2. The van der Waals surface area contributed by atoms with E-state index in [1.165, 1.54) is 5.56 Å². The maximum absolute atomic E-state index is 6.37. The van der Waals surface area contributed by atoms with Crippen LogP contribution in [-0.2, 0) is 0 Å². The van der Waals surface area contributed by atoms with E-state index in [1.807, 2.05) is 18.2 Å². The first-order valence-corrected chi connectivity index (χ1v) is 6.07. The Morgan fingerprint density at radius 3 is 2.83 bits per heavy atom. The summed E-state index contributed by atoms with van der Waals surface area (Å²) >= 11 is 6.37. The zero-order valence-electron chi connectivity index (χ0n) is 10.1. The second-order valence-corrected chi connectivity index (χ2v) is 4.68. The smallest absolute Gasteiger partial charge is 0.211 e. The van der Waals surface area contributed by atoms with Crippen molar-refractivity contribution in [1.82, 2.24) is 0 Å². The minimum atomic E-state index is -0.0627. The van der Waals surface area contributed by atoms with E-state index in [9.17, 15) is 0 Å². The lowest BCUT2D eigenvalue weighted by Crippen LogP contribution is -2.21. The third kappa shape index (κ3) is 2.54. The van der Waals surface area contributed by atoms with Crippen LogP contribution in [-0.4, -0.2) is 12.2 Å². The maximum atomic E-state index is 6.37. The van der Waals surface area contributed by atoms with Crippen molar-refractivity contribution in [3.05, 3.63) is 41.0 Å². The normalized spacial score (nSPS) is 18.9. The second kappa shape index (κ2) is 5.23. The minimum Gasteiger partial charge on any atom is -0.369 e. The lowest BCUT2D eigenvalue weighted by atomic mass is 9.84. The lowest BCUT2D eigenvalue weighted by Gasteiger charge is -2.23. The molecule has 0 bridgehead atoms. The Morgan fingerprint density at radius 2 is 2.11 bits per heavy atom. The summed E-state index contributed by atoms with van der Waals surface area (Å²) in [5, 5.41) is 8.13. The van der Waals surface area contributed by atoms with Gasteiger partial charge in [-0.15, -0.1) is 5.10 Å². The van der Waals surface area contributed by atoms with Gasteiger partial charge < -0.3 is 11.5 Å². The molecular formula is C13H15ClN4. The fourth-order valence-electron chi connectivity index (χ4n) is 2.10. The second-order valence-electron chi connectivity index (χ2n) is 4.30. The average molecular weight is 263 g/mol. The van der Waals surface area contributed by atoms with E-state index in [0.29, 0.717) is 5.92 Å². The van der Waals surface area contributed by atoms with E-state index in [0.717, 1.165) is 22.6 Å². The van der Waals surface area contributed by atoms with Gasteiger partial charge in [-0.2, -0.15) is 5.10 Å². The molecule has 0 radical (unpaired) electrons. The molecule has 1 aliphatic carbocycles. The fourth-order valence-corrected chi connectivity index (χ4v) is 2.40. The molecular weight excluding hydrogens is 248 g/mol. The molecule has 1 atom stereocenters. The van der Waals surface area contributed by atoms with E-state index in [4.69, 9.17) is 23.1 Å². The van der Waals surface area contributed by atoms with Crippen molar-refractivity contribution in [1.29, 1.82) is 0 Å². The number of rotatable bonds is 2. The molecule has 0 saturated heterocycles. The van der Waals surface area contributed by atoms with Gasteiger partial charge in [0.2, 0.25) is 5.96 Å². The van der Waals surface area contributed by atoms with Gasteiger partial charge >= 0.3 is 0 Å². The van der Waals surface area contributed by atoms with Crippen molar-refractivity contribution in [3.8, 4) is 0 Å². The highest BCUT2D eigenvalue weighted by Gasteiger charge is 2.21. The van der Waals surface area contributed by atoms with E-state index in [2.05, 4.69) is 23.2 Å². The number of allylic oxidation sites excluding steroid dienone is 1. The van der Waals surface area contributed by atoms with Gasteiger partial charge in [-0.3, -0.25) is 0 Å². The highest BCUT2D eigenvalue weighted by atomic mass is 35.5. The molecule has 1 unspecified atom stereocenters. The van der Waals surface area contributed by atoms with Crippen molar-refractivity contribution in [2.75, 3.05) is 0 Å². The Hall–Kier alpha value is -1.81. The molecule has 1 aliphatic rings. The van der Waals surface area contributed by atoms with Crippen molar-refractivity contribution in [2.24, 2.45) is 21.7 Å². The molecule has 4 N–H and O–H groups in total. The van der Waals surface area contributed by atoms with Crippen LogP contribution in [0.1, 0.15) is 30.4 Å². The third-order valence-corrected chi connectivity index (χ3v) is 3.37. The summed E-state index contributed by atoms with van der Waals surface area (Å²) < 4.78 is 0. The molecule has 0 fully saturated rings. The van der Waals surface area contributed by atoms with Crippen molar-refractivity contribution >= 4 is 28.8 Å². The van der Waals surface area contributed by atoms with Crippen LogP contribution in [0.4, 0.5) is 0 Å². The maximum Gasteiger partial charge on any atom is 0.211 e. The van der Waals surface area contributed by atoms with Gasteiger partial charge in [0.25, 0.3) is 0 Å². The topological polar surface area (TPSA) is 76.8 Å². The van der Waals surface area contributed by atoms with E-state index in [1.54, 1.807) is 6.21 Å². The molecule has 0 heterocycles. The average Bonchev–Trinajstić information content (AvgIpc) is 2.35. The molecule has 0 aromatic heterocycles. The van der Waals surface area contributed by atoms with E-state index < -0.39 is 0 Å². The number of fused-ring (bicyclic) bond motifs is 1. The third-order valence-electron chi connectivity index (χ3n) is 2.92. The van der Waals surface area contributed by atoms with Crippen molar-refractivity contribution in [2.45, 2.75) is 19.3 Å². The number of nitrogens with zero attached hydrogens (tertiary/aromatic N) is 2. The van der Waals surface area contributed by atoms with Crippen LogP contribution in [0.2, 0.25) is 0 Å². The molecule has 0 saturated carbocycles. The Bertz CT molecular complexity index is 542. The van der Waals surface area contributed by atoms with Crippen LogP contribution in [0.3, 0.4) is 0 Å². The summed E-state index contributed by atoms with van der Waals surface area (Å²) in [6, 6.07) is 8.12. The van der Waals surface area contributed by atoms with Gasteiger partial charge in [-0.05, 0) is 29.0 Å². The van der Waals surface area contributed by atoms with Gasteiger partial charge in [-0.1, -0.05) is 42.8 Å². The van der Waals surface area contributed by atoms with Gasteiger partial charge in [0, 0.05) is 0 Å². The molecule has 0 amide bonds. The first kappa shape index (κ1) is 12.6. The standard InChI is InChI=1S/C13H15ClN4/c1-8-6-9(7-17-18-13(15)16)12(14)11-5-3-2-4-10(8)11/h2-5,7-8H,6H2,1H3,(H4,15,16,18)/b17-7+. The van der Waals surface area contributed by atoms with Crippen LogP contribution in [0.5, 0.6) is 0 Å². The summed E-state index contributed by atoms with van der Waals surface area (Å²) in [6.45, 7) is 2.16. The Labute approximate surface area is 111 Å². The van der Waals surface area contributed by atoms with Crippen LogP contribution in [0, 0.1) is 0 Å². The van der Waals surface area contributed by atoms with Gasteiger partial charge in [-0.25, -0.2) is 0 Å². The van der Waals surface area contributed by atoms with Gasteiger partial charge in [0.15, 0.2) is 0 Å². The summed E-state index contributed by atoms with van der Waals surface area (Å²) in [5.74, 6) is 0.344. The highest BCUT2D eigenvalue weighted by molar-refractivity contribution is 6.51.